The minimum absolute atomic E-state index is 0.203. The summed E-state index contributed by atoms with van der Waals surface area (Å²) in [6.07, 6.45) is 15.4. The van der Waals surface area contributed by atoms with Crippen LogP contribution in [0.4, 0.5) is 0 Å². The SMILES string of the molecule is CCCCCC[n+]1cccc(C)c1.CCOC(=O)C1=CC=CN(CC)C1. The Morgan fingerprint density at radius 2 is 2.04 bits per heavy atom. The van der Waals surface area contributed by atoms with E-state index in [1.807, 2.05) is 25.3 Å². The highest BCUT2D eigenvalue weighted by Crippen LogP contribution is 2.08. The van der Waals surface area contributed by atoms with E-state index >= 15 is 0 Å². The summed E-state index contributed by atoms with van der Waals surface area (Å²) in [6, 6.07) is 4.26. The molecule has 4 nitrogen and oxygen atoms in total. The molecule has 0 fully saturated rings. The van der Waals surface area contributed by atoms with Crippen LogP contribution in [0.3, 0.4) is 0 Å². The lowest BCUT2D eigenvalue weighted by atomic mass is 10.2. The molecule has 2 rings (SSSR count). The molecule has 0 aliphatic carbocycles. The van der Waals surface area contributed by atoms with E-state index in [0.29, 0.717) is 13.2 Å². The van der Waals surface area contributed by atoms with Gasteiger partial charge in [0.05, 0.1) is 12.2 Å². The van der Waals surface area contributed by atoms with Crippen molar-refractivity contribution in [2.24, 2.45) is 0 Å². The molecule has 2 heterocycles. The fourth-order valence-corrected chi connectivity index (χ4v) is 2.69. The van der Waals surface area contributed by atoms with Gasteiger partial charge in [0.25, 0.3) is 0 Å². The summed E-state index contributed by atoms with van der Waals surface area (Å²) >= 11 is 0. The third-order valence-electron chi connectivity index (χ3n) is 4.19. The first kappa shape index (κ1) is 21.9. The molecule has 0 saturated heterocycles. The van der Waals surface area contributed by atoms with Gasteiger partial charge in [0.1, 0.15) is 6.54 Å². The molecule has 4 heteroatoms. The lowest BCUT2D eigenvalue weighted by molar-refractivity contribution is -0.697. The summed E-state index contributed by atoms with van der Waals surface area (Å²) in [6.45, 7) is 11.4. The summed E-state index contributed by atoms with van der Waals surface area (Å²) in [5, 5.41) is 0. The average molecular weight is 360 g/mol. The first-order valence-electron chi connectivity index (χ1n) is 9.84. The zero-order chi connectivity index (χ0) is 19.2. The van der Waals surface area contributed by atoms with E-state index in [-0.39, 0.29) is 5.97 Å². The summed E-state index contributed by atoms with van der Waals surface area (Å²) < 4.78 is 7.19. The van der Waals surface area contributed by atoms with Crippen LogP contribution >= 0.6 is 0 Å². The molecule has 0 radical (unpaired) electrons. The van der Waals surface area contributed by atoms with Crippen molar-refractivity contribution in [3.8, 4) is 0 Å². The van der Waals surface area contributed by atoms with Gasteiger partial charge in [-0.1, -0.05) is 19.8 Å². The number of esters is 1. The predicted octanol–water partition coefficient (Wildman–Crippen LogP) is 4.19. The molecular formula is C22H35N2O2+. The predicted molar refractivity (Wildman–Crippen MR) is 107 cm³/mol. The maximum absolute atomic E-state index is 11.3. The Morgan fingerprint density at radius 3 is 2.69 bits per heavy atom. The van der Waals surface area contributed by atoms with E-state index in [1.165, 1.54) is 37.8 Å². The Balaban J connectivity index is 0.000000260. The minimum Gasteiger partial charge on any atom is -0.463 e. The lowest BCUT2D eigenvalue weighted by Gasteiger charge is -2.21. The van der Waals surface area contributed by atoms with E-state index in [1.54, 1.807) is 0 Å². The number of rotatable bonds is 8. The van der Waals surface area contributed by atoms with Gasteiger partial charge in [-0.3, -0.25) is 0 Å². The van der Waals surface area contributed by atoms with Crippen molar-refractivity contribution in [1.29, 1.82) is 0 Å². The fourth-order valence-electron chi connectivity index (χ4n) is 2.69. The molecule has 0 saturated carbocycles. The normalized spacial score (nSPS) is 12.9. The van der Waals surface area contributed by atoms with Gasteiger partial charge < -0.3 is 9.64 Å². The number of hydrogen-bond donors (Lipinski definition) is 0. The molecule has 1 aromatic heterocycles. The van der Waals surface area contributed by atoms with Gasteiger partial charge in [-0.2, -0.15) is 0 Å². The van der Waals surface area contributed by atoms with E-state index in [0.717, 1.165) is 12.1 Å². The van der Waals surface area contributed by atoms with Crippen LogP contribution in [-0.2, 0) is 16.1 Å². The van der Waals surface area contributed by atoms with Crippen molar-refractivity contribution >= 4 is 5.97 Å². The topological polar surface area (TPSA) is 33.4 Å². The van der Waals surface area contributed by atoms with Crippen LogP contribution in [0.25, 0.3) is 0 Å². The molecule has 0 spiro atoms. The molecule has 26 heavy (non-hydrogen) atoms. The zero-order valence-electron chi connectivity index (χ0n) is 16.9. The van der Waals surface area contributed by atoms with Gasteiger partial charge in [-0.25, -0.2) is 9.36 Å². The summed E-state index contributed by atoms with van der Waals surface area (Å²) in [5.74, 6) is -0.203. The summed E-state index contributed by atoms with van der Waals surface area (Å²) in [4.78, 5) is 13.4. The van der Waals surface area contributed by atoms with Gasteiger partial charge in [0, 0.05) is 31.1 Å². The number of aromatic nitrogens is 1. The zero-order valence-corrected chi connectivity index (χ0v) is 16.9. The highest BCUT2D eigenvalue weighted by molar-refractivity contribution is 5.89. The highest BCUT2D eigenvalue weighted by Gasteiger charge is 2.13. The molecule has 0 aromatic carbocycles. The number of nitrogens with zero attached hydrogens (tertiary/aromatic N) is 2. The average Bonchev–Trinajstić information content (AvgIpc) is 2.66. The van der Waals surface area contributed by atoms with Crippen molar-refractivity contribution in [3.63, 3.8) is 0 Å². The van der Waals surface area contributed by atoms with Crippen molar-refractivity contribution in [2.75, 3.05) is 19.7 Å². The molecular weight excluding hydrogens is 324 g/mol. The van der Waals surface area contributed by atoms with E-state index in [9.17, 15) is 4.79 Å². The van der Waals surface area contributed by atoms with E-state index in [4.69, 9.17) is 4.74 Å². The van der Waals surface area contributed by atoms with Crippen LogP contribution in [0.5, 0.6) is 0 Å². The third-order valence-corrected chi connectivity index (χ3v) is 4.19. The number of hydrogen-bond acceptors (Lipinski definition) is 3. The number of carbonyl (C=O) groups is 1. The Kier molecular flexibility index (Phi) is 11.1. The highest BCUT2D eigenvalue weighted by atomic mass is 16.5. The molecule has 1 aliphatic heterocycles. The molecule has 0 amide bonds. The molecule has 0 bridgehead atoms. The molecule has 1 aliphatic rings. The second kappa shape index (κ2) is 13.2. The lowest BCUT2D eigenvalue weighted by Crippen LogP contribution is -2.32. The molecule has 144 valence electrons. The number of likely N-dealkylation sites (N-methyl/N-ethyl adjacent to an activating group) is 1. The monoisotopic (exact) mass is 359 g/mol. The van der Waals surface area contributed by atoms with Crippen molar-refractivity contribution in [3.05, 3.63) is 54.0 Å². The maximum atomic E-state index is 11.3. The van der Waals surface area contributed by atoms with Crippen LogP contribution in [0.15, 0.2) is 48.5 Å². The van der Waals surface area contributed by atoms with Gasteiger partial charge in [0.15, 0.2) is 12.4 Å². The largest absolute Gasteiger partial charge is 0.463 e. The number of ether oxygens (including phenoxy) is 1. The molecule has 0 unspecified atom stereocenters. The van der Waals surface area contributed by atoms with E-state index in [2.05, 4.69) is 54.8 Å². The van der Waals surface area contributed by atoms with Gasteiger partial charge in [-0.05, 0) is 51.6 Å². The van der Waals surface area contributed by atoms with Crippen LogP contribution in [0, 0.1) is 6.92 Å². The summed E-state index contributed by atoms with van der Waals surface area (Å²) in [7, 11) is 0. The number of carbonyl (C=O) groups excluding carboxylic acids is 1. The van der Waals surface area contributed by atoms with Gasteiger partial charge >= 0.3 is 5.97 Å². The summed E-state index contributed by atoms with van der Waals surface area (Å²) in [5.41, 5.74) is 2.07. The van der Waals surface area contributed by atoms with Crippen LogP contribution in [0.1, 0.15) is 52.0 Å². The maximum Gasteiger partial charge on any atom is 0.335 e. The Morgan fingerprint density at radius 1 is 1.23 bits per heavy atom. The van der Waals surface area contributed by atoms with Gasteiger partial charge in [-0.15, -0.1) is 0 Å². The van der Waals surface area contributed by atoms with Crippen molar-refractivity contribution in [2.45, 2.75) is 59.9 Å². The van der Waals surface area contributed by atoms with Crippen LogP contribution < -0.4 is 4.57 Å². The number of unbranched alkanes of at least 4 members (excludes halogenated alkanes) is 3. The smallest absolute Gasteiger partial charge is 0.335 e. The molecule has 0 N–H and O–H groups in total. The van der Waals surface area contributed by atoms with Crippen LogP contribution in [0.2, 0.25) is 0 Å². The quantitative estimate of drug-likeness (QED) is 0.396. The number of aryl methyl sites for hydroxylation is 2. The number of allylic oxidation sites excluding steroid dienone is 2. The number of pyridine rings is 1. The fraction of sp³-hybridized carbons (Fsp3) is 0.545. The van der Waals surface area contributed by atoms with Crippen molar-refractivity contribution < 1.29 is 14.1 Å². The first-order chi connectivity index (χ1) is 12.6. The molecule has 1 aromatic rings. The minimum atomic E-state index is -0.203. The van der Waals surface area contributed by atoms with Crippen molar-refractivity contribution in [1.82, 2.24) is 4.90 Å². The molecule has 0 atom stereocenters. The second-order valence-corrected chi connectivity index (χ2v) is 6.50. The van der Waals surface area contributed by atoms with E-state index < -0.39 is 0 Å². The van der Waals surface area contributed by atoms with Crippen LogP contribution in [-0.4, -0.2) is 30.6 Å². The Hall–Kier alpha value is -2.10. The standard InChI is InChI=1S/C12H20N.C10H15NO2/c1-3-4-5-6-9-13-10-7-8-12(2)11-13;1-3-11-7-5-6-9(8-11)10(12)13-4-2/h7-8,10-11H,3-6,9H2,1-2H3;5-7H,3-4,8H2,1-2H3/q+1;. The van der Waals surface area contributed by atoms with Gasteiger partial charge in [0.2, 0.25) is 0 Å². The Labute approximate surface area is 159 Å². The third kappa shape index (κ3) is 8.84. The Bertz CT molecular complexity index is 594. The first-order valence-corrected chi connectivity index (χ1v) is 9.84. The second-order valence-electron chi connectivity index (χ2n) is 6.50.